The molecule has 138 valence electrons. The van der Waals surface area contributed by atoms with Crippen molar-refractivity contribution in [1.29, 1.82) is 0 Å². The summed E-state index contributed by atoms with van der Waals surface area (Å²) in [6.07, 6.45) is 1.76. The van der Waals surface area contributed by atoms with Crippen LogP contribution in [-0.4, -0.2) is 38.5 Å². The van der Waals surface area contributed by atoms with Crippen LogP contribution >= 0.6 is 11.8 Å². The number of phenols is 1. The third-order valence-electron chi connectivity index (χ3n) is 3.88. The number of ether oxygens (including phenoxy) is 1. The van der Waals surface area contributed by atoms with Crippen molar-refractivity contribution in [2.75, 3.05) is 12.9 Å². The van der Waals surface area contributed by atoms with Gasteiger partial charge in [-0.3, -0.25) is 9.36 Å². The van der Waals surface area contributed by atoms with E-state index < -0.39 is 0 Å². The number of aromatic hydroxyl groups is 1. The lowest BCUT2D eigenvalue weighted by atomic mass is 10.1. The molecule has 0 saturated carbocycles. The molecule has 0 aliphatic rings. The summed E-state index contributed by atoms with van der Waals surface area (Å²) in [5.74, 6) is 1.73. The molecule has 27 heavy (non-hydrogen) atoms. The van der Waals surface area contributed by atoms with Crippen LogP contribution in [0.3, 0.4) is 0 Å². The minimum absolute atomic E-state index is 0.0453. The summed E-state index contributed by atoms with van der Waals surface area (Å²) in [6, 6.07) is 13.8. The minimum atomic E-state index is -0.0453. The van der Waals surface area contributed by atoms with E-state index in [0.29, 0.717) is 23.1 Å². The third kappa shape index (κ3) is 4.38. The Morgan fingerprint density at radius 3 is 2.74 bits per heavy atom. The van der Waals surface area contributed by atoms with Crippen molar-refractivity contribution in [3.63, 3.8) is 0 Å². The lowest BCUT2D eigenvalue weighted by molar-refractivity contribution is 0.102. The summed E-state index contributed by atoms with van der Waals surface area (Å²) in [6.45, 7) is 4.32. The first-order valence-electron chi connectivity index (χ1n) is 8.26. The molecule has 7 heteroatoms. The molecule has 1 N–H and O–H groups in total. The Hall–Kier alpha value is -3.06. The molecule has 1 aromatic heterocycles. The predicted molar refractivity (Wildman–Crippen MR) is 105 cm³/mol. The molecule has 0 unspecified atom stereocenters. The fourth-order valence-corrected chi connectivity index (χ4v) is 3.37. The SMILES string of the molecule is C=CCn1c(SCC(=O)c2ccc(O)cc2)nnc1-c1cccc(OC)c1. The molecule has 6 nitrogen and oxygen atoms in total. The number of methoxy groups -OCH3 is 1. The van der Waals surface area contributed by atoms with Gasteiger partial charge in [0.15, 0.2) is 16.8 Å². The van der Waals surface area contributed by atoms with Crippen molar-refractivity contribution in [2.45, 2.75) is 11.7 Å². The number of nitrogens with zero attached hydrogens (tertiary/aromatic N) is 3. The average Bonchev–Trinajstić information content (AvgIpc) is 3.09. The van der Waals surface area contributed by atoms with E-state index in [-0.39, 0.29) is 17.3 Å². The number of thioether (sulfide) groups is 1. The van der Waals surface area contributed by atoms with Crippen LogP contribution in [0, 0.1) is 0 Å². The third-order valence-corrected chi connectivity index (χ3v) is 4.84. The molecule has 0 amide bonds. The van der Waals surface area contributed by atoms with Crippen LogP contribution in [0.2, 0.25) is 0 Å². The summed E-state index contributed by atoms with van der Waals surface area (Å²) in [4.78, 5) is 12.4. The molecule has 3 aromatic rings. The summed E-state index contributed by atoms with van der Waals surface area (Å²) < 4.78 is 7.19. The quantitative estimate of drug-likeness (QED) is 0.363. The van der Waals surface area contributed by atoms with E-state index in [4.69, 9.17) is 4.74 Å². The second-order valence-corrected chi connectivity index (χ2v) is 6.64. The second kappa shape index (κ2) is 8.55. The number of allylic oxidation sites excluding steroid dienone is 1. The van der Waals surface area contributed by atoms with E-state index in [9.17, 15) is 9.90 Å². The molecule has 0 fully saturated rings. The van der Waals surface area contributed by atoms with Gasteiger partial charge in [0, 0.05) is 17.7 Å². The van der Waals surface area contributed by atoms with Gasteiger partial charge in [-0.1, -0.05) is 30.0 Å². The maximum atomic E-state index is 12.4. The van der Waals surface area contributed by atoms with Crippen molar-refractivity contribution in [2.24, 2.45) is 0 Å². The van der Waals surface area contributed by atoms with Crippen LogP contribution < -0.4 is 4.74 Å². The normalized spacial score (nSPS) is 10.6. The number of rotatable bonds is 8. The maximum Gasteiger partial charge on any atom is 0.192 e. The zero-order valence-corrected chi connectivity index (χ0v) is 15.6. The Morgan fingerprint density at radius 1 is 1.26 bits per heavy atom. The molecule has 0 bridgehead atoms. The number of Topliss-reactive ketones (excluding diaryl/α,β-unsaturated/α-hetero) is 1. The van der Waals surface area contributed by atoms with E-state index in [2.05, 4.69) is 16.8 Å². The van der Waals surface area contributed by atoms with Gasteiger partial charge in [-0.05, 0) is 36.4 Å². The first kappa shape index (κ1) is 18.7. The van der Waals surface area contributed by atoms with Crippen LogP contribution in [0.5, 0.6) is 11.5 Å². The van der Waals surface area contributed by atoms with Gasteiger partial charge in [0.2, 0.25) is 0 Å². The summed E-state index contributed by atoms with van der Waals surface area (Å²) >= 11 is 1.32. The summed E-state index contributed by atoms with van der Waals surface area (Å²) in [5, 5.41) is 18.5. The lowest BCUT2D eigenvalue weighted by Crippen LogP contribution is -2.05. The van der Waals surface area contributed by atoms with Gasteiger partial charge in [-0.25, -0.2) is 0 Å². The van der Waals surface area contributed by atoms with Gasteiger partial charge in [-0.15, -0.1) is 16.8 Å². The Labute approximate surface area is 161 Å². The number of carbonyl (C=O) groups excluding carboxylic acids is 1. The monoisotopic (exact) mass is 381 g/mol. The van der Waals surface area contributed by atoms with Crippen LogP contribution in [0.25, 0.3) is 11.4 Å². The zero-order valence-electron chi connectivity index (χ0n) is 14.8. The largest absolute Gasteiger partial charge is 0.508 e. The van der Waals surface area contributed by atoms with E-state index in [1.54, 1.807) is 25.3 Å². The second-order valence-electron chi connectivity index (χ2n) is 5.70. The fourth-order valence-electron chi connectivity index (χ4n) is 2.53. The Balaban J connectivity index is 1.81. The maximum absolute atomic E-state index is 12.4. The van der Waals surface area contributed by atoms with E-state index in [1.807, 2.05) is 28.8 Å². The fraction of sp³-hybridized carbons (Fsp3) is 0.150. The number of hydrogen-bond donors (Lipinski definition) is 1. The van der Waals surface area contributed by atoms with Crippen molar-refractivity contribution < 1.29 is 14.6 Å². The molecule has 1 heterocycles. The molecule has 0 saturated heterocycles. The Kier molecular flexibility index (Phi) is 5.93. The van der Waals surface area contributed by atoms with Crippen molar-refractivity contribution >= 4 is 17.5 Å². The van der Waals surface area contributed by atoms with Crippen LogP contribution in [0.4, 0.5) is 0 Å². The van der Waals surface area contributed by atoms with Crippen LogP contribution in [-0.2, 0) is 6.54 Å². The summed E-state index contributed by atoms with van der Waals surface area (Å²) in [7, 11) is 1.61. The van der Waals surface area contributed by atoms with Gasteiger partial charge in [0.05, 0.1) is 12.9 Å². The predicted octanol–water partition coefficient (Wildman–Crippen LogP) is 3.82. The van der Waals surface area contributed by atoms with E-state index >= 15 is 0 Å². The summed E-state index contributed by atoms with van der Waals surface area (Å²) in [5.41, 5.74) is 1.42. The Morgan fingerprint density at radius 2 is 2.04 bits per heavy atom. The van der Waals surface area contributed by atoms with Crippen LogP contribution in [0.15, 0.2) is 66.3 Å². The first-order valence-corrected chi connectivity index (χ1v) is 9.24. The highest BCUT2D eigenvalue weighted by atomic mass is 32.2. The number of aromatic nitrogens is 3. The standard InChI is InChI=1S/C20H19N3O3S/c1-3-11-23-19(15-5-4-6-17(12-15)26-2)21-22-20(23)27-13-18(25)14-7-9-16(24)10-8-14/h3-10,12,24H,1,11,13H2,2H3. The molecule has 0 aliphatic carbocycles. The highest BCUT2D eigenvalue weighted by molar-refractivity contribution is 7.99. The van der Waals surface area contributed by atoms with Gasteiger partial charge in [0.1, 0.15) is 11.5 Å². The van der Waals surface area contributed by atoms with Crippen LogP contribution in [0.1, 0.15) is 10.4 Å². The molecular weight excluding hydrogens is 362 g/mol. The molecule has 0 spiro atoms. The van der Waals surface area contributed by atoms with Gasteiger partial charge >= 0.3 is 0 Å². The zero-order chi connectivity index (χ0) is 19.2. The molecule has 0 atom stereocenters. The first-order chi connectivity index (χ1) is 13.1. The highest BCUT2D eigenvalue weighted by Gasteiger charge is 2.16. The number of ketones is 1. The van der Waals surface area contributed by atoms with Gasteiger partial charge in [-0.2, -0.15) is 0 Å². The minimum Gasteiger partial charge on any atom is -0.508 e. The van der Waals surface area contributed by atoms with Gasteiger partial charge < -0.3 is 9.84 Å². The molecule has 2 aromatic carbocycles. The van der Waals surface area contributed by atoms with Crippen molar-refractivity contribution in [3.05, 3.63) is 66.7 Å². The number of carbonyl (C=O) groups is 1. The average molecular weight is 381 g/mol. The molecule has 3 rings (SSSR count). The lowest BCUT2D eigenvalue weighted by Gasteiger charge is -2.08. The number of hydrogen-bond acceptors (Lipinski definition) is 6. The van der Waals surface area contributed by atoms with Gasteiger partial charge in [0.25, 0.3) is 0 Å². The molecule has 0 aliphatic heterocycles. The number of phenolic OH excluding ortho intramolecular Hbond substituents is 1. The number of benzene rings is 2. The smallest absolute Gasteiger partial charge is 0.192 e. The molecule has 0 radical (unpaired) electrons. The highest BCUT2D eigenvalue weighted by Crippen LogP contribution is 2.27. The topological polar surface area (TPSA) is 77.2 Å². The Bertz CT molecular complexity index is 951. The van der Waals surface area contributed by atoms with E-state index in [1.165, 1.54) is 23.9 Å². The van der Waals surface area contributed by atoms with Crippen molar-refractivity contribution in [1.82, 2.24) is 14.8 Å². The van der Waals surface area contributed by atoms with E-state index in [0.717, 1.165) is 11.3 Å². The molecular formula is C20H19N3O3S. The van der Waals surface area contributed by atoms with Crippen molar-refractivity contribution in [3.8, 4) is 22.9 Å².